The minimum absolute atomic E-state index is 0.0620. The van der Waals surface area contributed by atoms with Gasteiger partial charge in [0.25, 0.3) is 0 Å². The van der Waals surface area contributed by atoms with Gasteiger partial charge in [-0.1, -0.05) is 6.07 Å². The summed E-state index contributed by atoms with van der Waals surface area (Å²) in [7, 11) is 0. The monoisotopic (exact) mass is 282 g/mol. The molecule has 0 bridgehead atoms. The number of carbonyl (C=O) groups is 1. The molecule has 2 rings (SSSR count). The maximum atomic E-state index is 13.4. The minimum Gasteiger partial charge on any atom is -0.348 e. The van der Waals surface area contributed by atoms with E-state index in [1.54, 1.807) is 24.5 Å². The number of carbonyl (C=O) groups excluding carboxylic acids is 1. The first-order chi connectivity index (χ1) is 7.68. The van der Waals surface area contributed by atoms with Crippen LogP contribution in [0.25, 0.3) is 0 Å². The fraction of sp³-hybridized carbons (Fsp3) is 0.0909. The van der Waals surface area contributed by atoms with Gasteiger partial charge in [-0.25, -0.2) is 9.37 Å². The molecule has 0 atom stereocenters. The average molecular weight is 283 g/mol. The number of H-pyrrole nitrogens is 1. The van der Waals surface area contributed by atoms with E-state index in [0.717, 1.165) is 0 Å². The first-order valence-electron chi connectivity index (χ1n) is 4.64. The van der Waals surface area contributed by atoms with Gasteiger partial charge in [0.05, 0.1) is 12.0 Å². The molecule has 3 nitrogen and oxygen atoms in total. The van der Waals surface area contributed by atoms with E-state index in [1.165, 1.54) is 6.07 Å². The van der Waals surface area contributed by atoms with E-state index in [1.807, 2.05) is 0 Å². The van der Waals surface area contributed by atoms with Crippen molar-refractivity contribution in [3.63, 3.8) is 0 Å². The Balaban J connectivity index is 2.28. The van der Waals surface area contributed by atoms with Crippen molar-refractivity contribution in [2.75, 3.05) is 0 Å². The van der Waals surface area contributed by atoms with E-state index in [4.69, 9.17) is 0 Å². The molecule has 0 unspecified atom stereocenters. The van der Waals surface area contributed by atoms with E-state index < -0.39 is 5.82 Å². The van der Waals surface area contributed by atoms with Crippen LogP contribution >= 0.6 is 15.9 Å². The van der Waals surface area contributed by atoms with Crippen LogP contribution in [0.15, 0.2) is 35.1 Å². The predicted octanol–water partition coefficient (Wildman–Crippen LogP) is 2.74. The summed E-state index contributed by atoms with van der Waals surface area (Å²) in [4.78, 5) is 18.6. The summed E-state index contributed by atoms with van der Waals surface area (Å²) in [6, 6.07) is 4.45. The maximum absolute atomic E-state index is 13.4. The van der Waals surface area contributed by atoms with E-state index in [-0.39, 0.29) is 17.8 Å². The van der Waals surface area contributed by atoms with Crippen molar-refractivity contribution in [2.45, 2.75) is 6.42 Å². The summed E-state index contributed by atoms with van der Waals surface area (Å²) in [6.07, 6.45) is 3.24. The number of imidazole rings is 1. The molecule has 1 aromatic heterocycles. The largest absolute Gasteiger partial charge is 0.348 e. The van der Waals surface area contributed by atoms with Gasteiger partial charge in [-0.05, 0) is 28.1 Å². The van der Waals surface area contributed by atoms with Crippen molar-refractivity contribution in [3.05, 3.63) is 52.3 Å². The Bertz CT molecular complexity index is 490. The van der Waals surface area contributed by atoms with Gasteiger partial charge in [-0.15, -0.1) is 0 Å². The van der Waals surface area contributed by atoms with Crippen molar-refractivity contribution < 1.29 is 9.18 Å². The average Bonchev–Trinajstić information content (AvgIpc) is 2.70. The molecule has 0 aliphatic rings. The van der Waals surface area contributed by atoms with Crippen LogP contribution in [0.5, 0.6) is 0 Å². The van der Waals surface area contributed by atoms with E-state index in [2.05, 4.69) is 25.9 Å². The summed E-state index contributed by atoms with van der Waals surface area (Å²) in [5.74, 6) is -0.300. The Morgan fingerprint density at radius 1 is 1.50 bits per heavy atom. The smallest absolute Gasteiger partial charge is 0.174 e. The molecule has 0 saturated carbocycles. The third-order valence-corrected chi connectivity index (χ3v) is 2.79. The van der Waals surface area contributed by atoms with Crippen molar-refractivity contribution in [1.82, 2.24) is 9.97 Å². The fourth-order valence-corrected chi connectivity index (χ4v) is 1.96. The number of nitrogens with one attached hydrogen (secondary N) is 1. The second kappa shape index (κ2) is 4.57. The molecular formula is C11H8BrFN2O. The molecular weight excluding hydrogens is 275 g/mol. The number of Topliss-reactive ketones (excluding diaryl/α,β-unsaturated/α-hetero) is 1. The molecule has 5 heteroatoms. The molecule has 1 aromatic carbocycles. The molecule has 0 radical (unpaired) electrons. The highest BCUT2D eigenvalue weighted by atomic mass is 79.9. The number of hydrogen-bond acceptors (Lipinski definition) is 2. The van der Waals surface area contributed by atoms with Gasteiger partial charge >= 0.3 is 0 Å². The number of aromatic amines is 1. The Hall–Kier alpha value is -1.49. The van der Waals surface area contributed by atoms with Gasteiger partial charge < -0.3 is 4.98 Å². The molecule has 0 amide bonds. The lowest BCUT2D eigenvalue weighted by Crippen LogP contribution is -2.08. The highest BCUT2D eigenvalue weighted by Crippen LogP contribution is 2.20. The summed E-state index contributed by atoms with van der Waals surface area (Å²) in [6.45, 7) is 0. The third-order valence-electron chi connectivity index (χ3n) is 2.12. The SMILES string of the molecule is O=C(Cc1ncc[nH]1)c1c(F)cccc1Br. The molecule has 16 heavy (non-hydrogen) atoms. The maximum Gasteiger partial charge on any atom is 0.174 e. The van der Waals surface area contributed by atoms with Gasteiger partial charge in [0, 0.05) is 16.9 Å². The first-order valence-corrected chi connectivity index (χ1v) is 5.43. The van der Waals surface area contributed by atoms with Crippen molar-refractivity contribution in [3.8, 4) is 0 Å². The van der Waals surface area contributed by atoms with Crippen molar-refractivity contribution >= 4 is 21.7 Å². The second-order valence-electron chi connectivity index (χ2n) is 3.23. The third kappa shape index (κ3) is 2.19. The Labute approximate surface area is 99.8 Å². The number of nitrogens with zero attached hydrogens (tertiary/aromatic N) is 1. The Kier molecular flexibility index (Phi) is 3.14. The lowest BCUT2D eigenvalue weighted by atomic mass is 10.1. The quantitative estimate of drug-likeness (QED) is 0.880. The lowest BCUT2D eigenvalue weighted by Gasteiger charge is -2.03. The molecule has 1 heterocycles. The van der Waals surface area contributed by atoms with Gasteiger partial charge in [0.15, 0.2) is 5.78 Å². The van der Waals surface area contributed by atoms with Crippen LogP contribution in [-0.4, -0.2) is 15.8 Å². The van der Waals surface area contributed by atoms with Gasteiger partial charge in [-0.3, -0.25) is 4.79 Å². The predicted molar refractivity (Wildman–Crippen MR) is 60.7 cm³/mol. The van der Waals surface area contributed by atoms with E-state index in [9.17, 15) is 9.18 Å². The van der Waals surface area contributed by atoms with Gasteiger partial charge in [0.2, 0.25) is 0 Å². The zero-order valence-corrected chi connectivity index (χ0v) is 9.79. The molecule has 0 spiro atoms. The summed E-state index contributed by atoms with van der Waals surface area (Å²) < 4.78 is 13.9. The molecule has 0 aliphatic heterocycles. The zero-order chi connectivity index (χ0) is 11.5. The van der Waals surface area contributed by atoms with Crippen molar-refractivity contribution in [1.29, 1.82) is 0 Å². The first kappa shape index (κ1) is 11.0. The summed E-state index contributed by atoms with van der Waals surface area (Å²) in [5.41, 5.74) is 0.0684. The van der Waals surface area contributed by atoms with Crippen LogP contribution in [0.1, 0.15) is 16.2 Å². The molecule has 0 fully saturated rings. The second-order valence-corrected chi connectivity index (χ2v) is 4.09. The zero-order valence-electron chi connectivity index (χ0n) is 8.21. The number of aromatic nitrogens is 2. The molecule has 1 N–H and O–H groups in total. The number of rotatable bonds is 3. The number of benzene rings is 1. The summed E-state index contributed by atoms with van der Waals surface area (Å²) >= 11 is 3.16. The summed E-state index contributed by atoms with van der Waals surface area (Å²) in [5, 5.41) is 0. The Morgan fingerprint density at radius 3 is 2.94 bits per heavy atom. The lowest BCUT2D eigenvalue weighted by molar-refractivity contribution is 0.0986. The molecule has 0 saturated heterocycles. The van der Waals surface area contributed by atoms with Crippen LogP contribution < -0.4 is 0 Å². The van der Waals surface area contributed by atoms with E-state index >= 15 is 0 Å². The molecule has 2 aromatic rings. The highest BCUT2D eigenvalue weighted by Gasteiger charge is 2.16. The molecule has 0 aliphatic carbocycles. The minimum atomic E-state index is -0.522. The molecule has 82 valence electrons. The standard InChI is InChI=1S/C11H8BrFN2O/c12-7-2-1-3-8(13)11(7)9(16)6-10-14-4-5-15-10/h1-5H,6H2,(H,14,15). The topological polar surface area (TPSA) is 45.8 Å². The Morgan fingerprint density at radius 2 is 2.31 bits per heavy atom. The van der Waals surface area contributed by atoms with Crippen LogP contribution in [0.4, 0.5) is 4.39 Å². The van der Waals surface area contributed by atoms with Crippen LogP contribution in [0.2, 0.25) is 0 Å². The normalized spacial score (nSPS) is 10.4. The highest BCUT2D eigenvalue weighted by molar-refractivity contribution is 9.10. The van der Waals surface area contributed by atoms with Gasteiger partial charge in [0.1, 0.15) is 11.6 Å². The van der Waals surface area contributed by atoms with Crippen LogP contribution in [0, 0.1) is 5.82 Å². The van der Waals surface area contributed by atoms with Crippen LogP contribution in [0.3, 0.4) is 0 Å². The number of halogens is 2. The van der Waals surface area contributed by atoms with Crippen LogP contribution in [-0.2, 0) is 6.42 Å². The fourth-order valence-electron chi connectivity index (χ4n) is 1.40. The van der Waals surface area contributed by atoms with Gasteiger partial charge in [-0.2, -0.15) is 0 Å². The number of ketones is 1. The van der Waals surface area contributed by atoms with Crippen molar-refractivity contribution in [2.24, 2.45) is 0 Å². The number of hydrogen-bond donors (Lipinski definition) is 1. The van der Waals surface area contributed by atoms with E-state index in [0.29, 0.717) is 10.3 Å².